The maximum Gasteiger partial charge on any atom is 0.248 e. The summed E-state index contributed by atoms with van der Waals surface area (Å²) in [6.45, 7) is 2.98. The fraction of sp³-hybridized carbons (Fsp3) is 0.304. The SMILES string of the molecule is CN(Cc1ccc(Cl)cc1)C(=O)C1(C)CCN1C(=O)Cc1cccc2sccc12. The molecule has 0 radical (unpaired) electrons. The van der Waals surface area contributed by atoms with Crippen LogP contribution in [0.4, 0.5) is 0 Å². The second-order valence-corrected chi connectivity index (χ2v) is 9.17. The number of rotatable bonds is 5. The molecule has 0 saturated carbocycles. The van der Waals surface area contributed by atoms with E-state index in [0.717, 1.165) is 16.5 Å². The lowest BCUT2D eigenvalue weighted by Crippen LogP contribution is -2.67. The van der Waals surface area contributed by atoms with E-state index in [1.54, 1.807) is 28.2 Å². The molecule has 3 aromatic rings. The second-order valence-electron chi connectivity index (χ2n) is 7.78. The summed E-state index contributed by atoms with van der Waals surface area (Å²) in [6, 6.07) is 15.6. The van der Waals surface area contributed by atoms with Gasteiger partial charge < -0.3 is 9.80 Å². The van der Waals surface area contributed by atoms with Crippen LogP contribution in [-0.4, -0.2) is 40.7 Å². The second kappa shape index (κ2) is 7.81. The summed E-state index contributed by atoms with van der Waals surface area (Å²) in [5.41, 5.74) is 1.25. The molecule has 1 aromatic heterocycles. The number of likely N-dealkylation sites (N-methyl/N-ethyl adjacent to an activating group) is 1. The number of halogens is 1. The van der Waals surface area contributed by atoms with Gasteiger partial charge in [0.15, 0.2) is 0 Å². The summed E-state index contributed by atoms with van der Waals surface area (Å²) in [5, 5.41) is 3.84. The molecule has 0 spiro atoms. The van der Waals surface area contributed by atoms with Gasteiger partial charge in [-0.05, 0) is 59.5 Å². The number of likely N-dealkylation sites (tertiary alicyclic amines) is 1. The highest BCUT2D eigenvalue weighted by atomic mass is 35.5. The largest absolute Gasteiger partial charge is 0.339 e. The molecule has 29 heavy (non-hydrogen) atoms. The molecule has 150 valence electrons. The van der Waals surface area contributed by atoms with Crippen molar-refractivity contribution in [1.29, 1.82) is 0 Å². The van der Waals surface area contributed by atoms with Crippen molar-refractivity contribution >= 4 is 44.8 Å². The summed E-state index contributed by atoms with van der Waals surface area (Å²) < 4.78 is 1.18. The van der Waals surface area contributed by atoms with E-state index in [1.807, 2.05) is 48.7 Å². The molecule has 1 atom stereocenters. The number of thiophene rings is 1. The van der Waals surface area contributed by atoms with Crippen LogP contribution in [-0.2, 0) is 22.6 Å². The lowest BCUT2D eigenvalue weighted by molar-refractivity contribution is -0.163. The van der Waals surface area contributed by atoms with E-state index in [4.69, 9.17) is 11.6 Å². The van der Waals surface area contributed by atoms with E-state index in [9.17, 15) is 9.59 Å². The van der Waals surface area contributed by atoms with Crippen LogP contribution >= 0.6 is 22.9 Å². The zero-order valence-electron chi connectivity index (χ0n) is 16.5. The van der Waals surface area contributed by atoms with E-state index in [0.29, 0.717) is 31.0 Å². The quantitative estimate of drug-likeness (QED) is 0.590. The Morgan fingerprint density at radius 1 is 1.17 bits per heavy atom. The molecule has 0 N–H and O–H groups in total. The number of amides is 2. The third-order valence-electron chi connectivity index (χ3n) is 5.79. The van der Waals surface area contributed by atoms with Crippen LogP contribution in [0.15, 0.2) is 53.9 Å². The smallest absolute Gasteiger partial charge is 0.248 e. The first kappa shape index (κ1) is 19.9. The maximum atomic E-state index is 13.2. The van der Waals surface area contributed by atoms with Crippen molar-refractivity contribution in [1.82, 2.24) is 9.80 Å². The van der Waals surface area contributed by atoms with Gasteiger partial charge in [0.05, 0.1) is 6.42 Å². The van der Waals surface area contributed by atoms with Gasteiger partial charge in [0.25, 0.3) is 0 Å². The first-order chi connectivity index (χ1) is 13.9. The average Bonchev–Trinajstić information content (AvgIpc) is 3.17. The average molecular weight is 427 g/mol. The van der Waals surface area contributed by atoms with Crippen LogP contribution < -0.4 is 0 Å². The Balaban J connectivity index is 1.46. The van der Waals surface area contributed by atoms with Gasteiger partial charge in [0.2, 0.25) is 11.8 Å². The fourth-order valence-corrected chi connectivity index (χ4v) is 4.96. The molecule has 1 fully saturated rings. The monoisotopic (exact) mass is 426 g/mol. The van der Waals surface area contributed by atoms with Crippen LogP contribution in [0.3, 0.4) is 0 Å². The molecule has 0 bridgehead atoms. The van der Waals surface area contributed by atoms with Gasteiger partial charge in [-0.3, -0.25) is 9.59 Å². The topological polar surface area (TPSA) is 40.6 Å². The Kier molecular flexibility index (Phi) is 5.36. The van der Waals surface area contributed by atoms with Crippen molar-refractivity contribution in [2.75, 3.05) is 13.6 Å². The number of nitrogens with zero attached hydrogens (tertiary/aromatic N) is 2. The van der Waals surface area contributed by atoms with Gasteiger partial charge in [0.1, 0.15) is 5.54 Å². The van der Waals surface area contributed by atoms with Crippen molar-refractivity contribution in [3.05, 3.63) is 70.1 Å². The van der Waals surface area contributed by atoms with Crippen molar-refractivity contribution in [2.24, 2.45) is 0 Å². The lowest BCUT2D eigenvalue weighted by Gasteiger charge is -2.50. The minimum Gasteiger partial charge on any atom is -0.339 e. The van der Waals surface area contributed by atoms with Crippen LogP contribution in [0.5, 0.6) is 0 Å². The molecule has 0 aliphatic carbocycles. The molecule has 2 amide bonds. The number of hydrogen-bond donors (Lipinski definition) is 0. The molecule has 6 heteroatoms. The highest BCUT2D eigenvalue weighted by Gasteiger charge is 2.50. The van der Waals surface area contributed by atoms with Crippen molar-refractivity contribution in [3.8, 4) is 0 Å². The molecule has 1 saturated heterocycles. The van der Waals surface area contributed by atoms with Gasteiger partial charge in [-0.1, -0.05) is 35.9 Å². The Morgan fingerprint density at radius 2 is 1.93 bits per heavy atom. The zero-order chi connectivity index (χ0) is 20.6. The normalized spacial score (nSPS) is 18.5. The minimum atomic E-state index is -0.777. The number of hydrogen-bond acceptors (Lipinski definition) is 3. The van der Waals surface area contributed by atoms with Gasteiger partial charge in [-0.25, -0.2) is 0 Å². The van der Waals surface area contributed by atoms with Gasteiger partial charge >= 0.3 is 0 Å². The molecule has 4 rings (SSSR count). The van der Waals surface area contributed by atoms with Crippen molar-refractivity contribution in [3.63, 3.8) is 0 Å². The molecular weight excluding hydrogens is 404 g/mol. The van der Waals surface area contributed by atoms with Crippen LogP contribution in [0.1, 0.15) is 24.5 Å². The summed E-state index contributed by atoms with van der Waals surface area (Å²) >= 11 is 7.61. The molecule has 1 aliphatic rings. The number of benzene rings is 2. The Hall–Kier alpha value is -2.37. The predicted octanol–water partition coefficient (Wildman–Crippen LogP) is 4.75. The highest BCUT2D eigenvalue weighted by molar-refractivity contribution is 7.17. The molecule has 4 nitrogen and oxygen atoms in total. The molecule has 2 heterocycles. The fourth-order valence-electron chi connectivity index (χ4n) is 4.00. The number of carbonyl (C=O) groups excluding carboxylic acids is 2. The van der Waals surface area contributed by atoms with E-state index < -0.39 is 5.54 Å². The maximum absolute atomic E-state index is 13.2. The first-order valence-corrected chi connectivity index (χ1v) is 10.9. The summed E-state index contributed by atoms with van der Waals surface area (Å²) in [4.78, 5) is 29.6. The van der Waals surface area contributed by atoms with Crippen LogP contribution in [0, 0.1) is 0 Å². The third kappa shape index (κ3) is 3.77. The van der Waals surface area contributed by atoms with Crippen LogP contribution in [0.25, 0.3) is 10.1 Å². The van der Waals surface area contributed by atoms with E-state index >= 15 is 0 Å². The predicted molar refractivity (Wildman–Crippen MR) is 118 cm³/mol. The molecular formula is C23H23ClN2O2S. The highest BCUT2D eigenvalue weighted by Crippen LogP contribution is 2.34. The van der Waals surface area contributed by atoms with Crippen molar-refractivity contribution < 1.29 is 9.59 Å². The lowest BCUT2D eigenvalue weighted by atomic mass is 9.84. The van der Waals surface area contributed by atoms with Crippen molar-refractivity contribution in [2.45, 2.75) is 31.8 Å². The van der Waals surface area contributed by atoms with Gasteiger partial charge in [-0.2, -0.15) is 0 Å². The third-order valence-corrected chi connectivity index (χ3v) is 6.92. The van der Waals surface area contributed by atoms with E-state index in [2.05, 4.69) is 12.1 Å². The standard InChI is InChI=1S/C23H23ClN2O2S/c1-23(22(28)25(2)15-16-6-8-18(24)9-7-16)11-12-26(23)21(27)14-17-4-3-5-20-19(17)10-13-29-20/h3-10,13H,11-12,14-15H2,1-2H3. The van der Waals surface area contributed by atoms with Gasteiger partial charge in [0, 0.05) is 29.9 Å². The Labute approximate surface area is 179 Å². The molecule has 1 unspecified atom stereocenters. The Bertz CT molecular complexity index is 1060. The Morgan fingerprint density at radius 3 is 2.62 bits per heavy atom. The van der Waals surface area contributed by atoms with E-state index in [-0.39, 0.29) is 11.8 Å². The van der Waals surface area contributed by atoms with E-state index in [1.165, 1.54) is 4.70 Å². The summed E-state index contributed by atoms with van der Waals surface area (Å²) in [7, 11) is 1.79. The first-order valence-electron chi connectivity index (χ1n) is 9.64. The van der Waals surface area contributed by atoms with Crippen LogP contribution in [0.2, 0.25) is 5.02 Å². The molecule has 2 aromatic carbocycles. The number of fused-ring (bicyclic) bond motifs is 1. The summed E-state index contributed by atoms with van der Waals surface area (Å²) in [5.74, 6) is -0.0218. The summed E-state index contributed by atoms with van der Waals surface area (Å²) in [6.07, 6.45) is 1.00. The van der Waals surface area contributed by atoms with Gasteiger partial charge in [-0.15, -0.1) is 11.3 Å². The number of carbonyl (C=O) groups is 2. The zero-order valence-corrected chi connectivity index (χ0v) is 18.1. The minimum absolute atomic E-state index is 0.00527. The molecule has 1 aliphatic heterocycles.